The van der Waals surface area contributed by atoms with Crippen LogP contribution in [0.5, 0.6) is 0 Å². The third kappa shape index (κ3) is 5.87. The molecule has 1 aromatic carbocycles. The number of carbonyl (C=O) groups excluding carboxylic acids is 1. The lowest BCUT2D eigenvalue weighted by molar-refractivity contribution is 0.244. The second-order valence-electron chi connectivity index (χ2n) is 3.96. The molecule has 2 N–H and O–H groups in total. The van der Waals surface area contributed by atoms with Gasteiger partial charge >= 0.3 is 6.03 Å². The van der Waals surface area contributed by atoms with Gasteiger partial charge in [-0.15, -0.1) is 0 Å². The molecule has 1 rings (SSSR count). The maximum Gasteiger partial charge on any atom is 0.318 e. The Bertz CT molecular complexity index is 405. The lowest BCUT2D eigenvalue weighted by Gasteiger charge is -2.03. The highest BCUT2D eigenvalue weighted by atomic mass is 79.9. The van der Waals surface area contributed by atoms with Crippen molar-refractivity contribution in [3.05, 3.63) is 40.5 Å². The van der Waals surface area contributed by atoms with Crippen LogP contribution in [0, 0.1) is 0 Å². The number of nitrogens with one attached hydrogen (secondary N) is 2. The zero-order valence-corrected chi connectivity index (χ0v) is 12.2. The Kier molecular flexibility index (Phi) is 7.18. The van der Waals surface area contributed by atoms with E-state index >= 15 is 0 Å². The number of amides is 2. The van der Waals surface area contributed by atoms with Crippen molar-refractivity contribution in [2.24, 2.45) is 0 Å². The van der Waals surface area contributed by atoms with Gasteiger partial charge < -0.3 is 10.6 Å². The SMILES string of the molecule is CCCCCNC(=O)N/C=C/c1ccccc1Br. The Morgan fingerprint density at radius 3 is 2.83 bits per heavy atom. The normalized spacial score (nSPS) is 10.6. The fourth-order valence-electron chi connectivity index (χ4n) is 1.45. The van der Waals surface area contributed by atoms with E-state index in [2.05, 4.69) is 33.5 Å². The highest BCUT2D eigenvalue weighted by Gasteiger charge is 1.96. The van der Waals surface area contributed by atoms with Crippen LogP contribution >= 0.6 is 15.9 Å². The highest BCUT2D eigenvalue weighted by Crippen LogP contribution is 2.16. The van der Waals surface area contributed by atoms with E-state index in [1.807, 2.05) is 30.3 Å². The molecule has 18 heavy (non-hydrogen) atoms. The number of hydrogen-bond donors (Lipinski definition) is 2. The Morgan fingerprint density at radius 1 is 1.33 bits per heavy atom. The summed E-state index contributed by atoms with van der Waals surface area (Å²) in [4.78, 5) is 11.4. The molecule has 0 aliphatic heterocycles. The van der Waals surface area contributed by atoms with Crippen molar-refractivity contribution in [1.29, 1.82) is 0 Å². The van der Waals surface area contributed by atoms with Crippen LogP contribution in [0.15, 0.2) is 34.9 Å². The number of hydrogen-bond acceptors (Lipinski definition) is 1. The number of benzene rings is 1. The molecule has 0 heterocycles. The van der Waals surface area contributed by atoms with Crippen LogP contribution in [0.25, 0.3) is 6.08 Å². The average Bonchev–Trinajstić information content (AvgIpc) is 2.37. The minimum absolute atomic E-state index is 0.158. The molecular formula is C14H19BrN2O. The van der Waals surface area contributed by atoms with Crippen molar-refractivity contribution in [3.63, 3.8) is 0 Å². The van der Waals surface area contributed by atoms with E-state index in [1.54, 1.807) is 6.20 Å². The van der Waals surface area contributed by atoms with E-state index in [-0.39, 0.29) is 6.03 Å². The molecule has 0 atom stereocenters. The minimum Gasteiger partial charge on any atom is -0.338 e. The summed E-state index contributed by atoms with van der Waals surface area (Å²) in [7, 11) is 0. The predicted molar refractivity (Wildman–Crippen MR) is 79.2 cm³/mol. The molecule has 0 spiro atoms. The van der Waals surface area contributed by atoms with Crippen molar-refractivity contribution in [2.45, 2.75) is 26.2 Å². The van der Waals surface area contributed by atoms with Crippen molar-refractivity contribution in [1.82, 2.24) is 10.6 Å². The Morgan fingerprint density at radius 2 is 2.11 bits per heavy atom. The van der Waals surface area contributed by atoms with Crippen molar-refractivity contribution >= 4 is 28.0 Å². The molecule has 0 aliphatic rings. The van der Waals surface area contributed by atoms with Gasteiger partial charge in [0.05, 0.1) is 0 Å². The fraction of sp³-hybridized carbons (Fsp3) is 0.357. The summed E-state index contributed by atoms with van der Waals surface area (Å²) in [6.07, 6.45) is 6.83. The summed E-state index contributed by atoms with van der Waals surface area (Å²) >= 11 is 3.44. The molecule has 2 amide bonds. The van der Waals surface area contributed by atoms with Crippen LogP contribution in [0.1, 0.15) is 31.7 Å². The Hall–Kier alpha value is -1.29. The Labute approximate surface area is 117 Å². The van der Waals surface area contributed by atoms with Gasteiger partial charge in [-0.1, -0.05) is 53.9 Å². The highest BCUT2D eigenvalue weighted by molar-refractivity contribution is 9.10. The maximum absolute atomic E-state index is 11.4. The molecule has 0 aromatic heterocycles. The molecule has 0 fully saturated rings. The molecule has 98 valence electrons. The quantitative estimate of drug-likeness (QED) is 0.768. The number of urea groups is 1. The van der Waals surface area contributed by atoms with E-state index in [0.29, 0.717) is 0 Å². The first-order valence-corrected chi connectivity index (χ1v) is 6.98. The number of rotatable bonds is 6. The lowest BCUT2D eigenvalue weighted by Crippen LogP contribution is -2.32. The smallest absolute Gasteiger partial charge is 0.318 e. The van der Waals surface area contributed by atoms with Crippen LogP contribution in [0.2, 0.25) is 0 Å². The van der Waals surface area contributed by atoms with Gasteiger partial charge in [0.2, 0.25) is 0 Å². The lowest BCUT2D eigenvalue weighted by atomic mass is 10.2. The summed E-state index contributed by atoms with van der Waals surface area (Å²) in [6.45, 7) is 2.86. The molecule has 0 radical (unpaired) electrons. The largest absolute Gasteiger partial charge is 0.338 e. The summed E-state index contributed by atoms with van der Waals surface area (Å²) < 4.78 is 1.01. The molecule has 0 saturated carbocycles. The fourth-order valence-corrected chi connectivity index (χ4v) is 1.86. The van der Waals surface area contributed by atoms with Gasteiger partial charge in [0, 0.05) is 17.2 Å². The maximum atomic E-state index is 11.4. The summed E-state index contributed by atoms with van der Waals surface area (Å²) in [5.74, 6) is 0. The van der Waals surface area contributed by atoms with Gasteiger partial charge in [-0.2, -0.15) is 0 Å². The van der Waals surface area contributed by atoms with Crippen LogP contribution in [-0.4, -0.2) is 12.6 Å². The first kappa shape index (κ1) is 14.8. The summed E-state index contributed by atoms with van der Waals surface area (Å²) in [5, 5.41) is 5.49. The number of halogens is 1. The molecule has 3 nitrogen and oxygen atoms in total. The van der Waals surface area contributed by atoms with Crippen LogP contribution in [0.3, 0.4) is 0 Å². The van der Waals surface area contributed by atoms with Crippen LogP contribution in [-0.2, 0) is 0 Å². The summed E-state index contributed by atoms with van der Waals surface area (Å²) in [5.41, 5.74) is 1.03. The van der Waals surface area contributed by atoms with E-state index in [9.17, 15) is 4.79 Å². The standard InChI is InChI=1S/C14H19BrN2O/c1-2-3-6-10-16-14(18)17-11-9-12-7-4-5-8-13(12)15/h4-5,7-9,11H,2-3,6,10H2,1H3,(H2,16,17,18)/b11-9+. The van der Waals surface area contributed by atoms with Crippen LogP contribution in [0.4, 0.5) is 4.79 Å². The first-order valence-electron chi connectivity index (χ1n) is 6.19. The van der Waals surface area contributed by atoms with Crippen molar-refractivity contribution in [2.75, 3.05) is 6.54 Å². The van der Waals surface area contributed by atoms with E-state index in [0.717, 1.165) is 35.8 Å². The molecule has 0 saturated heterocycles. The predicted octanol–water partition coefficient (Wildman–Crippen LogP) is 3.91. The molecular weight excluding hydrogens is 292 g/mol. The number of carbonyl (C=O) groups is 1. The average molecular weight is 311 g/mol. The van der Waals surface area contributed by atoms with E-state index < -0.39 is 0 Å². The number of unbranched alkanes of at least 4 members (excludes halogenated alkanes) is 2. The van der Waals surface area contributed by atoms with Crippen molar-refractivity contribution < 1.29 is 4.79 Å². The van der Waals surface area contributed by atoms with E-state index in [4.69, 9.17) is 0 Å². The van der Waals surface area contributed by atoms with Gasteiger partial charge in [-0.3, -0.25) is 0 Å². The van der Waals surface area contributed by atoms with Crippen molar-refractivity contribution in [3.8, 4) is 0 Å². The molecule has 0 unspecified atom stereocenters. The monoisotopic (exact) mass is 310 g/mol. The van der Waals surface area contributed by atoms with Gasteiger partial charge in [-0.05, 0) is 24.1 Å². The van der Waals surface area contributed by atoms with Gasteiger partial charge in [0.25, 0.3) is 0 Å². The first-order chi connectivity index (χ1) is 8.74. The molecule has 4 heteroatoms. The second kappa shape index (κ2) is 8.75. The van der Waals surface area contributed by atoms with Gasteiger partial charge in [0.1, 0.15) is 0 Å². The topological polar surface area (TPSA) is 41.1 Å². The van der Waals surface area contributed by atoms with Gasteiger partial charge in [-0.25, -0.2) is 4.79 Å². The third-order valence-electron chi connectivity index (χ3n) is 2.45. The zero-order valence-electron chi connectivity index (χ0n) is 10.6. The summed E-state index contributed by atoms with van der Waals surface area (Å²) in [6, 6.07) is 7.69. The molecule has 0 aliphatic carbocycles. The Balaban J connectivity index is 2.28. The van der Waals surface area contributed by atoms with Crippen LogP contribution < -0.4 is 10.6 Å². The van der Waals surface area contributed by atoms with E-state index in [1.165, 1.54) is 0 Å². The molecule has 1 aromatic rings. The minimum atomic E-state index is -0.158. The third-order valence-corrected chi connectivity index (χ3v) is 3.17. The zero-order chi connectivity index (χ0) is 13.2. The second-order valence-corrected chi connectivity index (χ2v) is 4.82. The molecule has 0 bridgehead atoms. The van der Waals surface area contributed by atoms with Gasteiger partial charge in [0.15, 0.2) is 0 Å².